The Hall–Kier alpha value is -1.09. The molecule has 82 valence electrons. The molecule has 3 heteroatoms. The minimum absolute atomic E-state index is 0.137. The molecule has 2 nitrogen and oxygen atoms in total. The second-order valence-electron chi connectivity index (χ2n) is 4.29. The first-order chi connectivity index (χ1) is 7.18. The number of nitrogens with one attached hydrogen (secondary N) is 1. The van der Waals surface area contributed by atoms with Gasteiger partial charge in [0.2, 0.25) is 0 Å². The third-order valence-electron chi connectivity index (χ3n) is 2.97. The summed E-state index contributed by atoms with van der Waals surface area (Å²) in [4.78, 5) is 2.05. The lowest BCUT2D eigenvalue weighted by Crippen LogP contribution is -2.15. The molecular weight excluding hydrogens is 191 g/mol. The van der Waals surface area contributed by atoms with Crippen LogP contribution < -0.4 is 10.2 Å². The predicted octanol–water partition coefficient (Wildman–Crippen LogP) is 1.97. The Kier molecular flexibility index (Phi) is 2.91. The first-order valence-corrected chi connectivity index (χ1v) is 5.36. The van der Waals surface area contributed by atoms with Crippen molar-refractivity contribution in [3.63, 3.8) is 0 Å². The lowest BCUT2D eigenvalue weighted by atomic mass is 9.96. The van der Waals surface area contributed by atoms with E-state index in [2.05, 4.69) is 5.32 Å². The van der Waals surface area contributed by atoms with E-state index in [0.29, 0.717) is 5.92 Å². The highest BCUT2D eigenvalue weighted by molar-refractivity contribution is 5.54. The first-order valence-electron chi connectivity index (χ1n) is 5.36. The van der Waals surface area contributed by atoms with Gasteiger partial charge in [-0.05, 0) is 42.6 Å². The minimum Gasteiger partial charge on any atom is -0.377 e. The van der Waals surface area contributed by atoms with Gasteiger partial charge >= 0.3 is 0 Å². The number of hydrogen-bond donors (Lipinski definition) is 1. The van der Waals surface area contributed by atoms with Crippen LogP contribution >= 0.6 is 0 Å². The first kappa shape index (κ1) is 10.4. The van der Waals surface area contributed by atoms with Gasteiger partial charge in [0.05, 0.1) is 0 Å². The van der Waals surface area contributed by atoms with Crippen LogP contribution in [-0.2, 0) is 0 Å². The zero-order valence-corrected chi connectivity index (χ0v) is 9.26. The second-order valence-corrected chi connectivity index (χ2v) is 4.29. The lowest BCUT2D eigenvalue weighted by molar-refractivity contribution is 0.621. The van der Waals surface area contributed by atoms with E-state index in [9.17, 15) is 4.39 Å². The maximum Gasteiger partial charge on any atom is 0.123 e. The summed E-state index contributed by atoms with van der Waals surface area (Å²) < 4.78 is 13.2. The van der Waals surface area contributed by atoms with E-state index < -0.39 is 0 Å². The van der Waals surface area contributed by atoms with E-state index in [0.717, 1.165) is 30.8 Å². The van der Waals surface area contributed by atoms with Gasteiger partial charge in [0.15, 0.2) is 0 Å². The van der Waals surface area contributed by atoms with Gasteiger partial charge in [0.1, 0.15) is 5.82 Å². The fourth-order valence-electron chi connectivity index (χ4n) is 2.18. The molecule has 0 radical (unpaired) electrons. The Morgan fingerprint density at radius 2 is 2.20 bits per heavy atom. The summed E-state index contributed by atoms with van der Waals surface area (Å²) in [6.07, 6.45) is 1.10. The van der Waals surface area contributed by atoms with Crippen LogP contribution in [0.2, 0.25) is 0 Å². The highest BCUT2D eigenvalue weighted by atomic mass is 19.1. The average Bonchev–Trinajstić information content (AvgIpc) is 2.69. The van der Waals surface area contributed by atoms with Crippen molar-refractivity contribution < 1.29 is 4.39 Å². The van der Waals surface area contributed by atoms with Gasteiger partial charge in [-0.1, -0.05) is 0 Å². The van der Waals surface area contributed by atoms with Crippen molar-refractivity contribution in [1.29, 1.82) is 0 Å². The van der Waals surface area contributed by atoms with E-state index in [4.69, 9.17) is 0 Å². The quantitative estimate of drug-likeness (QED) is 0.799. The molecule has 0 bridgehead atoms. The van der Waals surface area contributed by atoms with Gasteiger partial charge in [-0.2, -0.15) is 0 Å². The molecule has 1 saturated heterocycles. The Labute approximate surface area is 90.1 Å². The van der Waals surface area contributed by atoms with Crippen molar-refractivity contribution >= 4 is 5.69 Å². The number of nitrogens with zero attached hydrogens (tertiary/aromatic N) is 1. The van der Waals surface area contributed by atoms with Crippen molar-refractivity contribution in [1.82, 2.24) is 5.32 Å². The summed E-state index contributed by atoms with van der Waals surface area (Å²) in [7, 11) is 4.00. The summed E-state index contributed by atoms with van der Waals surface area (Å²) in [5.74, 6) is 0.320. The van der Waals surface area contributed by atoms with Crippen molar-refractivity contribution in [2.45, 2.75) is 12.3 Å². The van der Waals surface area contributed by atoms with E-state index in [1.807, 2.05) is 25.1 Å². The van der Waals surface area contributed by atoms with Crippen molar-refractivity contribution in [3.05, 3.63) is 29.6 Å². The van der Waals surface area contributed by atoms with Gasteiger partial charge < -0.3 is 10.2 Å². The third-order valence-corrected chi connectivity index (χ3v) is 2.97. The van der Waals surface area contributed by atoms with Crippen LogP contribution in [0.4, 0.5) is 10.1 Å². The molecule has 0 amide bonds. The maximum atomic E-state index is 13.2. The molecule has 1 aromatic rings. The average molecular weight is 208 g/mol. The van der Waals surface area contributed by atoms with Crippen LogP contribution in [0, 0.1) is 5.82 Å². The predicted molar refractivity (Wildman–Crippen MR) is 61.0 cm³/mol. The number of rotatable bonds is 2. The van der Waals surface area contributed by atoms with Gasteiger partial charge in [0.25, 0.3) is 0 Å². The molecule has 1 aliphatic heterocycles. The Morgan fingerprint density at radius 3 is 2.80 bits per heavy atom. The third kappa shape index (κ3) is 2.12. The van der Waals surface area contributed by atoms with Crippen LogP contribution in [0.15, 0.2) is 18.2 Å². The topological polar surface area (TPSA) is 15.3 Å². The van der Waals surface area contributed by atoms with Crippen molar-refractivity contribution in [2.75, 3.05) is 32.1 Å². The number of anilines is 1. The van der Waals surface area contributed by atoms with Gasteiger partial charge in [-0.3, -0.25) is 0 Å². The molecule has 1 fully saturated rings. The van der Waals surface area contributed by atoms with E-state index >= 15 is 0 Å². The largest absolute Gasteiger partial charge is 0.377 e. The van der Waals surface area contributed by atoms with Crippen LogP contribution in [0.5, 0.6) is 0 Å². The fraction of sp³-hybridized carbons (Fsp3) is 0.500. The highest BCUT2D eigenvalue weighted by Gasteiger charge is 2.20. The molecule has 0 aliphatic carbocycles. The second kappa shape index (κ2) is 4.19. The Bertz CT molecular complexity index is 343. The summed E-state index contributed by atoms with van der Waals surface area (Å²) in [5, 5.41) is 3.32. The highest BCUT2D eigenvalue weighted by Crippen LogP contribution is 2.31. The molecule has 15 heavy (non-hydrogen) atoms. The Balaban J connectivity index is 2.37. The zero-order chi connectivity index (χ0) is 10.8. The number of halogens is 1. The fourth-order valence-corrected chi connectivity index (χ4v) is 2.18. The monoisotopic (exact) mass is 208 g/mol. The van der Waals surface area contributed by atoms with Gasteiger partial charge in [0, 0.05) is 26.3 Å². The standard InChI is InChI=1S/C12H17FN2/c1-15(2)12-4-3-10(13)7-11(12)9-5-6-14-8-9/h3-4,7,9,14H,5-6,8H2,1-2H3. The molecule has 1 aliphatic rings. The zero-order valence-electron chi connectivity index (χ0n) is 9.26. The molecule has 1 N–H and O–H groups in total. The van der Waals surface area contributed by atoms with Gasteiger partial charge in [-0.25, -0.2) is 4.39 Å². The molecule has 1 aromatic carbocycles. The minimum atomic E-state index is -0.137. The Morgan fingerprint density at radius 1 is 1.40 bits per heavy atom. The molecule has 0 aromatic heterocycles. The lowest BCUT2D eigenvalue weighted by Gasteiger charge is -2.20. The van der Waals surface area contributed by atoms with Gasteiger partial charge in [-0.15, -0.1) is 0 Å². The molecule has 0 spiro atoms. The summed E-state index contributed by atoms with van der Waals surface area (Å²) >= 11 is 0. The van der Waals surface area contributed by atoms with Crippen LogP contribution in [0.25, 0.3) is 0 Å². The van der Waals surface area contributed by atoms with E-state index in [1.165, 1.54) is 6.07 Å². The summed E-state index contributed by atoms with van der Waals surface area (Å²) in [6.45, 7) is 2.00. The molecule has 1 heterocycles. The normalized spacial score (nSPS) is 20.6. The van der Waals surface area contributed by atoms with Crippen molar-refractivity contribution in [2.24, 2.45) is 0 Å². The smallest absolute Gasteiger partial charge is 0.123 e. The van der Waals surface area contributed by atoms with Crippen LogP contribution in [-0.4, -0.2) is 27.2 Å². The molecule has 0 saturated carbocycles. The summed E-state index contributed by atoms with van der Waals surface area (Å²) in [6, 6.07) is 5.07. The SMILES string of the molecule is CN(C)c1ccc(F)cc1C1CCNC1. The number of benzene rings is 1. The maximum absolute atomic E-state index is 13.2. The van der Waals surface area contributed by atoms with Crippen LogP contribution in [0.3, 0.4) is 0 Å². The summed E-state index contributed by atoms with van der Waals surface area (Å²) in [5.41, 5.74) is 2.26. The molecule has 1 atom stereocenters. The molecule has 1 unspecified atom stereocenters. The van der Waals surface area contributed by atoms with Crippen molar-refractivity contribution in [3.8, 4) is 0 Å². The van der Waals surface area contributed by atoms with E-state index in [-0.39, 0.29) is 5.82 Å². The van der Waals surface area contributed by atoms with E-state index in [1.54, 1.807) is 6.07 Å². The molecular formula is C12H17FN2. The molecule has 2 rings (SSSR count). The number of hydrogen-bond acceptors (Lipinski definition) is 2. The van der Waals surface area contributed by atoms with Crippen LogP contribution in [0.1, 0.15) is 17.9 Å².